The topological polar surface area (TPSA) is 71.1 Å². The highest BCUT2D eigenvalue weighted by atomic mass is 31.2. The molecule has 6 nitrogen and oxygen atoms in total. The molecule has 0 saturated heterocycles. The van der Waals surface area contributed by atoms with E-state index in [2.05, 4.69) is 0 Å². The van der Waals surface area contributed by atoms with E-state index in [0.717, 1.165) is 21.9 Å². The van der Waals surface area contributed by atoms with Gasteiger partial charge < -0.3 is 18.1 Å². The average Bonchev–Trinajstić information content (AvgIpc) is 2.54. The van der Waals surface area contributed by atoms with E-state index in [-0.39, 0.29) is 12.3 Å². The third kappa shape index (κ3) is 10.8. The van der Waals surface area contributed by atoms with Crippen LogP contribution < -0.4 is 0 Å². The monoisotopic (exact) mass is 540 g/mol. The fourth-order valence-electron chi connectivity index (χ4n) is 3.88. The smallest absolute Gasteiger partial charge is 0.303 e. The SMILES string of the molecule is CC(C)(C)OP(=O)(Cc1cc2ccccc2cc1CP(=O)(OC(C)(C)C)OC(C)(C)C)OC(C)(C)C. The van der Waals surface area contributed by atoms with Gasteiger partial charge in [-0.1, -0.05) is 36.4 Å². The molecule has 0 heterocycles. The van der Waals surface area contributed by atoms with Gasteiger partial charge in [0.1, 0.15) is 0 Å². The van der Waals surface area contributed by atoms with Gasteiger partial charge in [-0.15, -0.1) is 0 Å². The molecule has 0 radical (unpaired) electrons. The second kappa shape index (κ2) is 10.6. The summed E-state index contributed by atoms with van der Waals surface area (Å²) in [5.41, 5.74) is -1.26. The van der Waals surface area contributed by atoms with Gasteiger partial charge in [-0.25, -0.2) is 0 Å². The molecule has 2 aromatic carbocycles. The Kier molecular flexibility index (Phi) is 9.22. The van der Waals surface area contributed by atoms with Gasteiger partial charge in [0, 0.05) is 0 Å². The van der Waals surface area contributed by atoms with Gasteiger partial charge in [0.25, 0.3) is 0 Å². The Morgan fingerprint density at radius 1 is 0.528 bits per heavy atom. The van der Waals surface area contributed by atoms with E-state index in [1.165, 1.54) is 0 Å². The minimum Gasteiger partial charge on any atom is -0.303 e. The molecule has 2 aromatic rings. The van der Waals surface area contributed by atoms with Crippen molar-refractivity contribution in [2.75, 3.05) is 0 Å². The molecule has 0 bridgehead atoms. The van der Waals surface area contributed by atoms with Gasteiger partial charge in [0.05, 0.1) is 34.7 Å². The Morgan fingerprint density at radius 3 is 1.00 bits per heavy atom. The van der Waals surface area contributed by atoms with E-state index < -0.39 is 37.6 Å². The number of benzene rings is 2. The summed E-state index contributed by atoms with van der Waals surface area (Å²) in [6.45, 7) is 22.3. The normalized spacial score (nSPS) is 14.4. The van der Waals surface area contributed by atoms with Crippen molar-refractivity contribution in [2.24, 2.45) is 0 Å². The summed E-state index contributed by atoms with van der Waals surface area (Å²) < 4.78 is 52.6. The zero-order valence-electron chi connectivity index (χ0n) is 24.2. The van der Waals surface area contributed by atoms with Crippen molar-refractivity contribution in [2.45, 2.75) is 118 Å². The second-order valence-corrected chi connectivity index (χ2v) is 17.1. The molecular formula is C28H46O6P2. The van der Waals surface area contributed by atoms with E-state index >= 15 is 0 Å². The van der Waals surface area contributed by atoms with Crippen LogP contribution in [0, 0.1) is 0 Å². The molecule has 0 fully saturated rings. The van der Waals surface area contributed by atoms with Crippen LogP contribution in [-0.4, -0.2) is 22.4 Å². The summed E-state index contributed by atoms with van der Waals surface area (Å²) in [5, 5.41) is 1.97. The van der Waals surface area contributed by atoms with Gasteiger partial charge >= 0.3 is 15.2 Å². The van der Waals surface area contributed by atoms with Gasteiger partial charge in [0.15, 0.2) is 0 Å². The lowest BCUT2D eigenvalue weighted by atomic mass is 10.0. The number of fused-ring (bicyclic) bond motifs is 1. The minimum atomic E-state index is -3.61. The maximum Gasteiger partial charge on any atom is 0.336 e. The van der Waals surface area contributed by atoms with Crippen molar-refractivity contribution >= 4 is 26.0 Å². The van der Waals surface area contributed by atoms with Gasteiger partial charge in [0.2, 0.25) is 0 Å². The van der Waals surface area contributed by atoms with E-state index in [4.69, 9.17) is 18.1 Å². The lowest BCUT2D eigenvalue weighted by Crippen LogP contribution is -2.25. The molecule has 0 aliphatic rings. The lowest BCUT2D eigenvalue weighted by Gasteiger charge is -2.34. The zero-order chi connectivity index (χ0) is 27.8. The van der Waals surface area contributed by atoms with Crippen molar-refractivity contribution in [3.63, 3.8) is 0 Å². The first-order valence-corrected chi connectivity index (χ1v) is 15.9. The number of hydrogen-bond acceptors (Lipinski definition) is 6. The first-order chi connectivity index (χ1) is 16.0. The molecule has 0 spiro atoms. The Morgan fingerprint density at radius 2 is 0.778 bits per heavy atom. The van der Waals surface area contributed by atoms with E-state index in [9.17, 15) is 9.13 Å². The number of rotatable bonds is 8. The summed E-state index contributed by atoms with van der Waals surface area (Å²) in [6, 6.07) is 11.9. The van der Waals surface area contributed by atoms with Crippen LogP contribution in [0.2, 0.25) is 0 Å². The minimum absolute atomic E-state index is 0.0345. The molecular weight excluding hydrogens is 494 g/mol. The summed E-state index contributed by atoms with van der Waals surface area (Å²) in [7, 11) is -7.22. The van der Waals surface area contributed by atoms with Crippen molar-refractivity contribution in [1.29, 1.82) is 0 Å². The number of hydrogen-bond donors (Lipinski definition) is 0. The molecule has 0 amide bonds. The molecule has 0 unspecified atom stereocenters. The highest BCUT2D eigenvalue weighted by molar-refractivity contribution is 7.53. The van der Waals surface area contributed by atoms with Crippen LogP contribution >= 0.6 is 15.2 Å². The standard InChI is InChI=1S/C28H46O6P2/c1-25(2,3)31-35(29,32-26(4,5)6)19-23-17-21-15-13-14-16-22(21)18-24(23)20-36(30,33-27(7,8)9)34-28(10,11)12/h13-18H,19-20H2,1-12H3. The third-order valence-corrected chi connectivity index (χ3v) is 9.21. The fourth-order valence-corrected chi connectivity index (χ4v) is 8.98. The molecule has 0 atom stereocenters. The van der Waals surface area contributed by atoms with Crippen molar-refractivity contribution in [1.82, 2.24) is 0 Å². The summed E-state index contributed by atoms with van der Waals surface area (Å²) >= 11 is 0. The zero-order valence-corrected chi connectivity index (χ0v) is 26.0. The van der Waals surface area contributed by atoms with Crippen molar-refractivity contribution in [3.05, 3.63) is 47.5 Å². The molecule has 0 aromatic heterocycles. The summed E-state index contributed by atoms with van der Waals surface area (Å²) in [6.07, 6.45) is 0.0689. The Labute approximate surface area is 218 Å². The average molecular weight is 541 g/mol. The molecule has 36 heavy (non-hydrogen) atoms. The maximum atomic E-state index is 14.1. The van der Waals surface area contributed by atoms with Crippen molar-refractivity contribution < 1.29 is 27.2 Å². The van der Waals surface area contributed by atoms with Crippen LogP contribution in [0.4, 0.5) is 0 Å². The molecule has 8 heteroatoms. The first kappa shape index (κ1) is 31.2. The molecule has 2 rings (SSSR count). The largest absolute Gasteiger partial charge is 0.336 e. The maximum absolute atomic E-state index is 14.1. The molecule has 204 valence electrons. The highest BCUT2D eigenvalue weighted by Crippen LogP contribution is 2.60. The van der Waals surface area contributed by atoms with E-state index in [1.807, 2.05) is 119 Å². The van der Waals surface area contributed by atoms with Crippen LogP contribution in [0.15, 0.2) is 36.4 Å². The van der Waals surface area contributed by atoms with Crippen LogP contribution in [0.25, 0.3) is 10.8 Å². The van der Waals surface area contributed by atoms with Crippen LogP contribution in [0.5, 0.6) is 0 Å². The Hall–Kier alpha value is -1.00. The lowest BCUT2D eigenvalue weighted by molar-refractivity contribution is 0.0462. The van der Waals surface area contributed by atoms with Crippen LogP contribution in [0.3, 0.4) is 0 Å². The quantitative estimate of drug-likeness (QED) is 0.311. The second-order valence-electron chi connectivity index (χ2n) is 13.3. The summed E-state index contributed by atoms with van der Waals surface area (Å²) in [4.78, 5) is 0. The van der Waals surface area contributed by atoms with Crippen LogP contribution in [0.1, 0.15) is 94.2 Å². The van der Waals surface area contributed by atoms with Crippen LogP contribution in [-0.2, 0) is 39.5 Å². The Bertz CT molecular complexity index is 1010. The fraction of sp³-hybridized carbons (Fsp3) is 0.643. The highest BCUT2D eigenvalue weighted by Gasteiger charge is 2.39. The van der Waals surface area contributed by atoms with Crippen molar-refractivity contribution in [3.8, 4) is 0 Å². The van der Waals surface area contributed by atoms with Gasteiger partial charge in [-0.3, -0.25) is 9.13 Å². The molecule has 0 N–H and O–H groups in total. The predicted octanol–water partition coefficient (Wildman–Crippen LogP) is 9.49. The predicted molar refractivity (Wildman–Crippen MR) is 150 cm³/mol. The van der Waals surface area contributed by atoms with Gasteiger partial charge in [-0.05, 0) is 105 Å². The Balaban J connectivity index is 2.67. The van der Waals surface area contributed by atoms with Gasteiger partial charge in [-0.2, -0.15) is 0 Å². The first-order valence-electron chi connectivity index (χ1n) is 12.5. The third-order valence-electron chi connectivity index (χ3n) is 4.45. The molecule has 0 saturated carbocycles. The molecule has 0 aliphatic heterocycles. The summed E-state index contributed by atoms with van der Waals surface area (Å²) in [5.74, 6) is 0. The van der Waals surface area contributed by atoms with E-state index in [1.54, 1.807) is 0 Å². The van der Waals surface area contributed by atoms with E-state index in [0.29, 0.717) is 0 Å². The molecule has 0 aliphatic carbocycles.